The first-order valence-electron chi connectivity index (χ1n) is 10.8. The number of pyridine rings is 1. The predicted molar refractivity (Wildman–Crippen MR) is 122 cm³/mol. The number of fused-ring (bicyclic) bond motifs is 1. The van der Waals surface area contributed by atoms with E-state index in [1.54, 1.807) is 25.2 Å². The van der Waals surface area contributed by atoms with Crippen LogP contribution in [0.1, 0.15) is 40.5 Å². The van der Waals surface area contributed by atoms with Gasteiger partial charge in [0.1, 0.15) is 23.1 Å². The summed E-state index contributed by atoms with van der Waals surface area (Å²) in [6, 6.07) is 6.85. The predicted octanol–water partition coefficient (Wildman–Crippen LogP) is 2.48. The highest BCUT2D eigenvalue weighted by molar-refractivity contribution is 5.92. The molecule has 10 heteroatoms. The van der Waals surface area contributed by atoms with Crippen molar-refractivity contribution in [1.82, 2.24) is 25.2 Å². The number of alkyl halides is 1. The zero-order valence-corrected chi connectivity index (χ0v) is 18.8. The second-order valence-electron chi connectivity index (χ2n) is 8.14. The third-order valence-corrected chi connectivity index (χ3v) is 5.91. The summed E-state index contributed by atoms with van der Waals surface area (Å²) in [4.78, 5) is 39.0. The van der Waals surface area contributed by atoms with Gasteiger partial charge in [-0.1, -0.05) is 6.07 Å². The normalized spacial score (nSPS) is 15.6. The van der Waals surface area contributed by atoms with Gasteiger partial charge < -0.3 is 15.2 Å². The van der Waals surface area contributed by atoms with E-state index in [1.807, 2.05) is 13.0 Å². The minimum absolute atomic E-state index is 0.00144. The van der Waals surface area contributed by atoms with Gasteiger partial charge in [0.25, 0.3) is 11.5 Å². The van der Waals surface area contributed by atoms with E-state index < -0.39 is 17.5 Å². The number of aromatic nitrogens is 3. The topological polar surface area (TPSA) is 94.2 Å². The van der Waals surface area contributed by atoms with Crippen LogP contribution in [0, 0.1) is 12.7 Å². The Morgan fingerprint density at radius 3 is 2.55 bits per heavy atom. The van der Waals surface area contributed by atoms with E-state index in [9.17, 15) is 14.0 Å². The summed E-state index contributed by atoms with van der Waals surface area (Å²) in [6.45, 7) is 6.36. The van der Waals surface area contributed by atoms with E-state index >= 15 is 4.39 Å². The fraction of sp³-hybridized carbons (Fsp3) is 0.391. The molecule has 1 atom stereocenters. The molecular weight excluding hydrogens is 430 g/mol. The summed E-state index contributed by atoms with van der Waals surface area (Å²) in [7, 11) is 1.57. The first-order valence-corrected chi connectivity index (χ1v) is 10.8. The molecule has 1 aliphatic rings. The summed E-state index contributed by atoms with van der Waals surface area (Å²) < 4.78 is 28.6. The zero-order valence-electron chi connectivity index (χ0n) is 18.8. The van der Waals surface area contributed by atoms with E-state index in [0.717, 1.165) is 24.5 Å². The summed E-state index contributed by atoms with van der Waals surface area (Å²) in [6.07, 6.45) is -1.53. The molecule has 0 spiro atoms. The lowest BCUT2D eigenvalue weighted by atomic mass is 10.1. The molecule has 0 radical (unpaired) electrons. The van der Waals surface area contributed by atoms with Crippen LogP contribution in [-0.2, 0) is 6.54 Å². The van der Waals surface area contributed by atoms with Crippen LogP contribution in [0.4, 0.5) is 14.5 Å². The number of anilines is 1. The van der Waals surface area contributed by atoms with Gasteiger partial charge in [-0.15, -0.1) is 0 Å². The quantitative estimate of drug-likeness (QED) is 0.613. The average molecular weight is 456 g/mol. The number of amides is 1. The van der Waals surface area contributed by atoms with Crippen molar-refractivity contribution in [3.05, 3.63) is 63.1 Å². The summed E-state index contributed by atoms with van der Waals surface area (Å²) >= 11 is 0. The van der Waals surface area contributed by atoms with Crippen molar-refractivity contribution in [2.75, 3.05) is 38.1 Å². The Hall–Kier alpha value is -3.40. The monoisotopic (exact) mass is 456 g/mol. The van der Waals surface area contributed by atoms with Crippen molar-refractivity contribution >= 4 is 22.6 Å². The Kier molecular flexibility index (Phi) is 6.37. The lowest BCUT2D eigenvalue weighted by Crippen LogP contribution is -2.46. The van der Waals surface area contributed by atoms with Crippen molar-refractivity contribution in [2.24, 2.45) is 0 Å². The van der Waals surface area contributed by atoms with Crippen molar-refractivity contribution in [3.63, 3.8) is 0 Å². The maximum atomic E-state index is 15.1. The van der Waals surface area contributed by atoms with Gasteiger partial charge in [-0.3, -0.25) is 14.5 Å². The van der Waals surface area contributed by atoms with E-state index in [1.165, 1.54) is 6.92 Å². The van der Waals surface area contributed by atoms with Gasteiger partial charge >= 0.3 is 0 Å². The number of hydrogen-bond acceptors (Lipinski definition) is 6. The summed E-state index contributed by atoms with van der Waals surface area (Å²) in [5, 5.41) is 2.57. The molecule has 3 heterocycles. The maximum absolute atomic E-state index is 15.1. The second-order valence-corrected chi connectivity index (χ2v) is 8.14. The highest BCUT2D eigenvalue weighted by Crippen LogP contribution is 2.23. The van der Waals surface area contributed by atoms with Crippen LogP contribution in [0.2, 0.25) is 0 Å². The third kappa shape index (κ3) is 4.56. The van der Waals surface area contributed by atoms with Crippen LogP contribution in [0.3, 0.4) is 0 Å². The maximum Gasteiger partial charge on any atom is 0.273 e. The minimum atomic E-state index is -1.53. The van der Waals surface area contributed by atoms with Crippen LogP contribution >= 0.6 is 0 Å². The number of carbonyl (C=O) groups is 1. The highest BCUT2D eigenvalue weighted by atomic mass is 19.1. The first kappa shape index (κ1) is 22.8. The van der Waals surface area contributed by atoms with Crippen LogP contribution in [-0.4, -0.2) is 59.0 Å². The molecule has 174 valence electrons. The smallest absolute Gasteiger partial charge is 0.273 e. The van der Waals surface area contributed by atoms with Gasteiger partial charge in [0, 0.05) is 45.3 Å². The van der Waals surface area contributed by atoms with Crippen LogP contribution in [0.15, 0.2) is 29.1 Å². The van der Waals surface area contributed by atoms with E-state index in [-0.39, 0.29) is 22.6 Å². The number of carbonyl (C=O) groups excluding carboxylic acids is 1. The first-order chi connectivity index (χ1) is 15.8. The summed E-state index contributed by atoms with van der Waals surface area (Å²) in [5.41, 5.74) is 1.84. The van der Waals surface area contributed by atoms with E-state index in [0.29, 0.717) is 30.9 Å². The van der Waals surface area contributed by atoms with E-state index in [2.05, 4.69) is 30.1 Å². The van der Waals surface area contributed by atoms with Gasteiger partial charge in [-0.2, -0.15) is 0 Å². The van der Waals surface area contributed by atoms with Crippen molar-refractivity contribution in [3.8, 4) is 0 Å². The van der Waals surface area contributed by atoms with Crippen molar-refractivity contribution in [1.29, 1.82) is 0 Å². The SMILES string of the molecule is CNC(=O)c1ccc(N2CCN(Cc3ccc4nc([C@H](C)F)c(=O)[nH]c4c3F)CC2)c(C)n1. The van der Waals surface area contributed by atoms with Crippen LogP contribution in [0.25, 0.3) is 11.0 Å². The molecule has 2 N–H and O–H groups in total. The van der Waals surface area contributed by atoms with Gasteiger partial charge in [-0.05, 0) is 32.0 Å². The number of benzene rings is 1. The lowest BCUT2D eigenvalue weighted by molar-refractivity contribution is 0.0958. The molecule has 4 rings (SSSR count). The molecule has 33 heavy (non-hydrogen) atoms. The second kappa shape index (κ2) is 9.22. The van der Waals surface area contributed by atoms with E-state index in [4.69, 9.17) is 0 Å². The number of nitrogens with zero attached hydrogens (tertiary/aromatic N) is 4. The lowest BCUT2D eigenvalue weighted by Gasteiger charge is -2.36. The molecular formula is C23H26F2N6O2. The molecule has 1 amide bonds. The Balaban J connectivity index is 1.46. The van der Waals surface area contributed by atoms with Crippen LogP contribution in [0.5, 0.6) is 0 Å². The molecule has 1 saturated heterocycles. The Bertz CT molecular complexity index is 1250. The largest absolute Gasteiger partial charge is 0.368 e. The molecule has 1 aliphatic heterocycles. The Labute approximate surface area is 189 Å². The number of piperazine rings is 1. The number of hydrogen-bond donors (Lipinski definition) is 2. The van der Waals surface area contributed by atoms with Gasteiger partial charge in [0.05, 0.1) is 16.9 Å². The molecule has 3 aromatic rings. The zero-order chi connectivity index (χ0) is 23.7. The molecule has 8 nitrogen and oxygen atoms in total. The van der Waals surface area contributed by atoms with Crippen molar-refractivity contribution in [2.45, 2.75) is 26.6 Å². The summed E-state index contributed by atoms with van der Waals surface area (Å²) in [5.74, 6) is -0.763. The van der Waals surface area contributed by atoms with Crippen molar-refractivity contribution < 1.29 is 13.6 Å². The molecule has 0 aliphatic carbocycles. The number of aryl methyl sites for hydroxylation is 1. The average Bonchev–Trinajstić information content (AvgIpc) is 2.81. The van der Waals surface area contributed by atoms with Gasteiger partial charge in [-0.25, -0.2) is 18.7 Å². The third-order valence-electron chi connectivity index (χ3n) is 5.91. The fourth-order valence-corrected chi connectivity index (χ4v) is 4.10. The fourth-order valence-electron chi connectivity index (χ4n) is 4.10. The minimum Gasteiger partial charge on any atom is -0.368 e. The highest BCUT2D eigenvalue weighted by Gasteiger charge is 2.22. The standard InChI is InChI=1S/C23H26F2N6O2/c1-13(24)20-23(33)29-21-16(28-20)5-4-15(19(21)25)12-30-8-10-31(11-9-30)18-7-6-17(22(32)26-3)27-14(18)2/h4-7,13H,8-12H2,1-3H3,(H,26,32)(H,29,33)/t13-/m0/s1. The van der Waals surface area contributed by atoms with Gasteiger partial charge in [0.15, 0.2) is 5.82 Å². The Morgan fingerprint density at radius 2 is 1.91 bits per heavy atom. The van der Waals surface area contributed by atoms with Gasteiger partial charge in [0.2, 0.25) is 0 Å². The Morgan fingerprint density at radius 1 is 1.18 bits per heavy atom. The molecule has 0 unspecified atom stereocenters. The number of H-pyrrole nitrogens is 1. The molecule has 1 fully saturated rings. The number of halogens is 2. The van der Waals surface area contributed by atoms with Crippen LogP contribution < -0.4 is 15.8 Å². The molecule has 1 aromatic carbocycles. The molecule has 0 bridgehead atoms. The number of aromatic amines is 1. The molecule has 2 aromatic heterocycles. The number of nitrogens with one attached hydrogen (secondary N) is 2. The molecule has 0 saturated carbocycles. The number of rotatable bonds is 5.